The van der Waals surface area contributed by atoms with Crippen molar-refractivity contribution < 1.29 is 28.9 Å². The second kappa shape index (κ2) is 7.46. The highest BCUT2D eigenvalue weighted by Crippen LogP contribution is 2.32. The summed E-state index contributed by atoms with van der Waals surface area (Å²) in [6.45, 7) is 0.201. The van der Waals surface area contributed by atoms with Crippen molar-refractivity contribution in [3.8, 4) is 11.5 Å². The molecule has 1 heterocycles. The number of carboxylic acids is 1. The maximum absolute atomic E-state index is 12.0. The minimum absolute atomic E-state index is 0.00394. The van der Waals surface area contributed by atoms with E-state index in [2.05, 4.69) is 0 Å². The van der Waals surface area contributed by atoms with E-state index < -0.39 is 24.2 Å². The van der Waals surface area contributed by atoms with Gasteiger partial charge in [0.15, 0.2) is 17.3 Å². The van der Waals surface area contributed by atoms with Crippen LogP contribution in [0.3, 0.4) is 0 Å². The molecule has 1 aliphatic rings. The van der Waals surface area contributed by atoms with Gasteiger partial charge in [-0.25, -0.2) is 0 Å². The van der Waals surface area contributed by atoms with Crippen molar-refractivity contribution in [1.29, 1.82) is 0 Å². The summed E-state index contributed by atoms with van der Waals surface area (Å²) >= 11 is 0. The summed E-state index contributed by atoms with van der Waals surface area (Å²) in [5.41, 5.74) is 6.38. The van der Waals surface area contributed by atoms with Gasteiger partial charge in [-0.1, -0.05) is 18.2 Å². The highest BCUT2D eigenvalue weighted by Gasteiger charge is 2.21. The van der Waals surface area contributed by atoms with Crippen molar-refractivity contribution in [3.05, 3.63) is 41.7 Å². The largest absolute Gasteiger partial charge is 0.493 e. The fourth-order valence-corrected chi connectivity index (χ4v) is 1.98. The molecule has 7 nitrogen and oxygen atoms in total. The smallest absolute Gasteiger partial charge is 0.305 e. The average Bonchev–Trinajstić information content (AvgIpc) is 2.98. The summed E-state index contributed by atoms with van der Waals surface area (Å²) < 4.78 is 15.5. The number of ether oxygens (including phenoxy) is 3. The Morgan fingerprint density at radius 3 is 2.83 bits per heavy atom. The lowest BCUT2D eigenvalue weighted by Gasteiger charge is -2.09. The van der Waals surface area contributed by atoms with Crippen LogP contribution in [0.5, 0.6) is 11.5 Å². The van der Waals surface area contributed by atoms with Crippen LogP contribution >= 0.6 is 0 Å². The maximum Gasteiger partial charge on any atom is 0.305 e. The van der Waals surface area contributed by atoms with Crippen molar-refractivity contribution >= 4 is 17.8 Å². The zero-order valence-electron chi connectivity index (χ0n) is 12.5. The van der Waals surface area contributed by atoms with Gasteiger partial charge in [-0.2, -0.15) is 0 Å². The molecule has 0 fully saturated rings. The van der Waals surface area contributed by atoms with Crippen LogP contribution in [0.25, 0.3) is 6.08 Å². The zero-order valence-corrected chi connectivity index (χ0v) is 12.5. The second-order valence-electron chi connectivity index (χ2n) is 4.78. The van der Waals surface area contributed by atoms with E-state index in [1.165, 1.54) is 13.2 Å². The molecule has 2 rings (SSSR count). The van der Waals surface area contributed by atoms with Crippen LogP contribution in [0.15, 0.2) is 36.1 Å². The number of nitrogens with two attached hydrogens (primary N) is 1. The Hall–Kier alpha value is -2.80. The molecule has 0 aromatic heterocycles. The third kappa shape index (κ3) is 4.33. The lowest BCUT2D eigenvalue weighted by Crippen LogP contribution is -2.34. The van der Waals surface area contributed by atoms with E-state index in [9.17, 15) is 9.59 Å². The topological polar surface area (TPSA) is 108 Å². The number of hydrogen-bond acceptors (Lipinski definition) is 6. The van der Waals surface area contributed by atoms with E-state index in [4.69, 9.17) is 25.1 Å². The fraction of sp³-hybridized carbons (Fsp3) is 0.250. The summed E-state index contributed by atoms with van der Waals surface area (Å²) in [5.74, 6) is -0.370. The van der Waals surface area contributed by atoms with Gasteiger partial charge in [0.25, 0.3) is 0 Å². The number of benzene rings is 1. The number of Topliss-reactive ketones (excluding diaryl/α,β-unsaturated/α-hetero) is 1. The molecule has 7 heteroatoms. The van der Waals surface area contributed by atoms with Gasteiger partial charge in [-0.3, -0.25) is 9.59 Å². The van der Waals surface area contributed by atoms with Crippen molar-refractivity contribution in [1.82, 2.24) is 0 Å². The normalized spacial score (nSPS) is 14.8. The summed E-state index contributed by atoms with van der Waals surface area (Å²) in [5, 5.41) is 8.66. The Bertz CT molecular complexity index is 665. The molecular formula is C16H17NO6. The van der Waals surface area contributed by atoms with Crippen LogP contribution in [0.4, 0.5) is 0 Å². The van der Waals surface area contributed by atoms with E-state index >= 15 is 0 Å². The van der Waals surface area contributed by atoms with Gasteiger partial charge >= 0.3 is 5.97 Å². The van der Waals surface area contributed by atoms with E-state index in [-0.39, 0.29) is 12.6 Å². The van der Waals surface area contributed by atoms with Crippen LogP contribution in [0.1, 0.15) is 12.0 Å². The Balaban J connectivity index is 2.06. The van der Waals surface area contributed by atoms with Crippen molar-refractivity contribution in [3.63, 3.8) is 0 Å². The van der Waals surface area contributed by atoms with Crippen LogP contribution in [0, 0.1) is 0 Å². The zero-order chi connectivity index (χ0) is 16.8. The first-order valence-corrected chi connectivity index (χ1v) is 6.85. The first-order chi connectivity index (χ1) is 11.0. The predicted molar refractivity (Wildman–Crippen MR) is 81.9 cm³/mol. The minimum Gasteiger partial charge on any atom is -0.493 e. The molecule has 23 heavy (non-hydrogen) atoms. The number of methoxy groups -OCH3 is 1. The second-order valence-corrected chi connectivity index (χ2v) is 4.78. The van der Waals surface area contributed by atoms with E-state index in [1.807, 2.05) is 6.07 Å². The van der Waals surface area contributed by atoms with Gasteiger partial charge < -0.3 is 25.1 Å². The Labute approximate surface area is 132 Å². The standard InChI is InChI=1S/C16H17NO6/c1-21-13(16(20)11(17)8-15(18)19)4-2-3-10-5-6-12-14(7-10)23-9-22-12/h2-7,11H,8-9,17H2,1H3,(H,18,19). The van der Waals surface area contributed by atoms with Crippen molar-refractivity contribution in [2.45, 2.75) is 12.5 Å². The number of ketones is 1. The lowest BCUT2D eigenvalue weighted by atomic mass is 10.1. The number of aliphatic carboxylic acids is 1. The lowest BCUT2D eigenvalue weighted by molar-refractivity contribution is -0.139. The molecule has 0 bridgehead atoms. The molecule has 1 aromatic carbocycles. The predicted octanol–water partition coefficient (Wildman–Crippen LogP) is 1.33. The molecule has 0 radical (unpaired) electrons. The van der Waals surface area contributed by atoms with E-state index in [0.717, 1.165) is 5.56 Å². The Kier molecular flexibility index (Phi) is 5.37. The highest BCUT2D eigenvalue weighted by atomic mass is 16.7. The Morgan fingerprint density at radius 2 is 2.13 bits per heavy atom. The third-order valence-corrected chi connectivity index (χ3v) is 3.13. The number of rotatable bonds is 7. The van der Waals surface area contributed by atoms with Crippen LogP contribution in [-0.2, 0) is 14.3 Å². The average molecular weight is 319 g/mol. The molecule has 0 amide bonds. The van der Waals surface area contributed by atoms with Crippen molar-refractivity contribution in [2.24, 2.45) is 5.73 Å². The molecule has 0 saturated heterocycles. The van der Waals surface area contributed by atoms with Crippen LogP contribution in [-0.4, -0.2) is 36.8 Å². The molecule has 1 unspecified atom stereocenters. The van der Waals surface area contributed by atoms with Gasteiger partial charge in [0.2, 0.25) is 12.6 Å². The fourth-order valence-electron chi connectivity index (χ4n) is 1.98. The molecule has 1 aliphatic heterocycles. The first kappa shape index (κ1) is 16.6. The number of fused-ring (bicyclic) bond motifs is 1. The van der Waals surface area contributed by atoms with Crippen molar-refractivity contribution in [2.75, 3.05) is 13.9 Å². The Morgan fingerprint density at radius 1 is 1.39 bits per heavy atom. The molecule has 0 spiro atoms. The molecule has 0 saturated carbocycles. The maximum atomic E-state index is 12.0. The first-order valence-electron chi connectivity index (χ1n) is 6.85. The minimum atomic E-state index is -1.14. The van der Waals surface area contributed by atoms with Gasteiger partial charge in [-0.15, -0.1) is 0 Å². The highest BCUT2D eigenvalue weighted by molar-refractivity contribution is 5.99. The SMILES string of the molecule is COC(=CC=Cc1ccc2c(c1)OCO2)C(=O)C(N)CC(=O)O. The van der Waals surface area contributed by atoms with E-state index in [0.29, 0.717) is 11.5 Å². The summed E-state index contributed by atoms with van der Waals surface area (Å²) in [6.07, 6.45) is 4.35. The number of allylic oxidation sites excluding steroid dienone is 2. The van der Waals surface area contributed by atoms with Gasteiger partial charge in [0.05, 0.1) is 19.6 Å². The quantitative estimate of drug-likeness (QED) is 0.443. The summed E-state index contributed by atoms with van der Waals surface area (Å²) in [4.78, 5) is 22.5. The molecule has 0 aliphatic carbocycles. The van der Waals surface area contributed by atoms with Crippen LogP contribution in [0.2, 0.25) is 0 Å². The monoisotopic (exact) mass is 319 g/mol. The van der Waals surface area contributed by atoms with Gasteiger partial charge in [-0.05, 0) is 23.8 Å². The number of carbonyl (C=O) groups excluding carboxylic acids is 1. The molecule has 1 atom stereocenters. The van der Waals surface area contributed by atoms with Gasteiger partial charge in [0.1, 0.15) is 0 Å². The summed E-state index contributed by atoms with van der Waals surface area (Å²) in [6, 6.07) is 4.29. The number of hydrogen-bond donors (Lipinski definition) is 2. The van der Waals surface area contributed by atoms with E-state index in [1.54, 1.807) is 24.3 Å². The molecular weight excluding hydrogens is 302 g/mol. The summed E-state index contributed by atoms with van der Waals surface area (Å²) in [7, 11) is 1.33. The molecule has 3 N–H and O–H groups in total. The number of carboxylic acid groups (broad SMARTS) is 1. The molecule has 1 aromatic rings. The third-order valence-electron chi connectivity index (χ3n) is 3.13. The van der Waals surface area contributed by atoms with Crippen LogP contribution < -0.4 is 15.2 Å². The van der Waals surface area contributed by atoms with Gasteiger partial charge in [0, 0.05) is 0 Å². The molecule has 122 valence electrons. The number of carbonyl (C=O) groups is 2.